The van der Waals surface area contributed by atoms with Crippen molar-refractivity contribution in [2.45, 2.75) is 58.5 Å². The Bertz CT molecular complexity index is 228. The van der Waals surface area contributed by atoms with Crippen molar-refractivity contribution < 1.29 is 0 Å². The predicted molar refractivity (Wildman–Crippen MR) is 84.7 cm³/mol. The van der Waals surface area contributed by atoms with Gasteiger partial charge in [0.15, 0.2) is 0 Å². The minimum atomic E-state index is 0.733. The normalized spacial score (nSPS) is 22.6. The molecule has 1 aliphatic rings. The first-order valence-corrected chi connectivity index (χ1v) is 8.15. The molecule has 0 aromatic rings. The zero-order valence-corrected chi connectivity index (χ0v) is 13.8. The molecule has 3 heteroatoms. The number of likely N-dealkylation sites (N-methyl/N-ethyl adjacent to an activating group) is 1. The minimum absolute atomic E-state index is 0.733. The van der Waals surface area contributed by atoms with E-state index in [1.807, 2.05) is 0 Å². The van der Waals surface area contributed by atoms with E-state index in [1.165, 1.54) is 38.8 Å². The quantitative estimate of drug-likeness (QED) is 0.693. The molecule has 3 nitrogen and oxygen atoms in total. The third kappa shape index (κ3) is 6.24. The molecule has 1 N–H and O–H groups in total. The highest BCUT2D eigenvalue weighted by molar-refractivity contribution is 4.87. The Kier molecular flexibility index (Phi) is 7.96. The minimum Gasteiger partial charge on any atom is -0.315 e. The third-order valence-corrected chi connectivity index (χ3v) is 4.02. The van der Waals surface area contributed by atoms with Gasteiger partial charge in [0, 0.05) is 25.2 Å². The van der Waals surface area contributed by atoms with Crippen LogP contribution in [-0.4, -0.2) is 62.2 Å². The molecule has 1 saturated heterocycles. The number of rotatable bonds is 9. The molecule has 0 amide bonds. The standard InChI is InChI=1S/C16H35N3/c1-6-8-15(12-17-11-14(2)3)19-10-7-9-16(19)13-18(4)5/h14-17H,6-13H2,1-5H3. The van der Waals surface area contributed by atoms with Crippen LogP contribution in [0, 0.1) is 5.92 Å². The maximum absolute atomic E-state index is 3.67. The summed E-state index contributed by atoms with van der Waals surface area (Å²) < 4.78 is 0. The van der Waals surface area contributed by atoms with Gasteiger partial charge in [-0.15, -0.1) is 0 Å². The Labute approximate surface area is 120 Å². The second kappa shape index (κ2) is 8.93. The van der Waals surface area contributed by atoms with E-state index in [2.05, 4.69) is 50.0 Å². The van der Waals surface area contributed by atoms with Crippen molar-refractivity contribution in [1.29, 1.82) is 0 Å². The van der Waals surface area contributed by atoms with E-state index in [4.69, 9.17) is 0 Å². The van der Waals surface area contributed by atoms with E-state index in [0.717, 1.165) is 31.1 Å². The Morgan fingerprint density at radius 2 is 2.00 bits per heavy atom. The van der Waals surface area contributed by atoms with Crippen molar-refractivity contribution in [2.75, 3.05) is 40.3 Å². The molecular formula is C16H35N3. The number of hydrogen-bond acceptors (Lipinski definition) is 3. The highest BCUT2D eigenvalue weighted by Crippen LogP contribution is 2.22. The Hall–Kier alpha value is -0.120. The summed E-state index contributed by atoms with van der Waals surface area (Å²) in [5, 5.41) is 3.67. The van der Waals surface area contributed by atoms with Gasteiger partial charge in [-0.2, -0.15) is 0 Å². The molecule has 0 saturated carbocycles. The zero-order valence-electron chi connectivity index (χ0n) is 13.8. The number of nitrogens with zero attached hydrogens (tertiary/aromatic N) is 2. The van der Waals surface area contributed by atoms with Crippen molar-refractivity contribution in [3.05, 3.63) is 0 Å². The molecule has 0 aromatic carbocycles. The molecule has 1 fully saturated rings. The zero-order chi connectivity index (χ0) is 14.3. The van der Waals surface area contributed by atoms with Gasteiger partial charge in [0.25, 0.3) is 0 Å². The summed E-state index contributed by atoms with van der Waals surface area (Å²) in [6, 6.07) is 1.50. The lowest BCUT2D eigenvalue weighted by Gasteiger charge is -2.34. The largest absolute Gasteiger partial charge is 0.315 e. The monoisotopic (exact) mass is 269 g/mol. The molecule has 2 atom stereocenters. The van der Waals surface area contributed by atoms with Crippen LogP contribution in [-0.2, 0) is 0 Å². The van der Waals surface area contributed by atoms with Crippen molar-refractivity contribution >= 4 is 0 Å². The first-order chi connectivity index (χ1) is 9.04. The molecule has 114 valence electrons. The molecule has 2 unspecified atom stereocenters. The van der Waals surface area contributed by atoms with Crippen LogP contribution in [0.25, 0.3) is 0 Å². The maximum Gasteiger partial charge on any atom is 0.0226 e. The molecular weight excluding hydrogens is 234 g/mol. The molecule has 19 heavy (non-hydrogen) atoms. The summed E-state index contributed by atoms with van der Waals surface area (Å²) in [5.74, 6) is 0.749. The molecule has 0 aliphatic carbocycles. The van der Waals surface area contributed by atoms with Crippen LogP contribution in [0.2, 0.25) is 0 Å². The van der Waals surface area contributed by atoms with E-state index in [-0.39, 0.29) is 0 Å². The lowest BCUT2D eigenvalue weighted by Crippen LogP contribution is -2.48. The van der Waals surface area contributed by atoms with Crippen molar-refractivity contribution in [3.8, 4) is 0 Å². The van der Waals surface area contributed by atoms with Gasteiger partial charge < -0.3 is 10.2 Å². The fourth-order valence-electron chi connectivity index (χ4n) is 3.21. The van der Waals surface area contributed by atoms with E-state index in [9.17, 15) is 0 Å². The van der Waals surface area contributed by atoms with Crippen LogP contribution in [0.5, 0.6) is 0 Å². The molecule has 0 radical (unpaired) electrons. The molecule has 0 spiro atoms. The molecule has 1 heterocycles. The Morgan fingerprint density at radius 3 is 2.58 bits per heavy atom. The summed E-state index contributed by atoms with van der Waals surface area (Å²) >= 11 is 0. The second-order valence-electron chi connectivity index (χ2n) is 6.79. The topological polar surface area (TPSA) is 18.5 Å². The molecule has 1 rings (SSSR count). The van der Waals surface area contributed by atoms with Gasteiger partial charge in [-0.1, -0.05) is 27.2 Å². The van der Waals surface area contributed by atoms with Gasteiger partial charge in [-0.3, -0.25) is 4.90 Å². The van der Waals surface area contributed by atoms with Crippen LogP contribution >= 0.6 is 0 Å². The van der Waals surface area contributed by atoms with Gasteiger partial charge in [0.1, 0.15) is 0 Å². The van der Waals surface area contributed by atoms with Gasteiger partial charge >= 0.3 is 0 Å². The van der Waals surface area contributed by atoms with Gasteiger partial charge in [-0.25, -0.2) is 0 Å². The van der Waals surface area contributed by atoms with E-state index in [0.29, 0.717) is 0 Å². The van der Waals surface area contributed by atoms with Gasteiger partial charge in [0.2, 0.25) is 0 Å². The highest BCUT2D eigenvalue weighted by atomic mass is 15.2. The number of likely N-dealkylation sites (tertiary alicyclic amines) is 1. The molecule has 0 aromatic heterocycles. The summed E-state index contributed by atoms with van der Waals surface area (Å²) in [6.07, 6.45) is 5.37. The average molecular weight is 269 g/mol. The van der Waals surface area contributed by atoms with Crippen LogP contribution in [0.4, 0.5) is 0 Å². The van der Waals surface area contributed by atoms with Crippen LogP contribution in [0.3, 0.4) is 0 Å². The first kappa shape index (κ1) is 16.9. The van der Waals surface area contributed by atoms with Crippen molar-refractivity contribution in [1.82, 2.24) is 15.1 Å². The lowest BCUT2D eigenvalue weighted by atomic mass is 10.1. The predicted octanol–water partition coefficient (Wildman–Crippen LogP) is 2.43. The van der Waals surface area contributed by atoms with Crippen molar-refractivity contribution in [3.63, 3.8) is 0 Å². The number of hydrogen-bond donors (Lipinski definition) is 1. The van der Waals surface area contributed by atoms with E-state index in [1.54, 1.807) is 0 Å². The maximum atomic E-state index is 3.67. The van der Waals surface area contributed by atoms with Crippen molar-refractivity contribution in [2.24, 2.45) is 5.92 Å². The summed E-state index contributed by atoms with van der Waals surface area (Å²) in [4.78, 5) is 5.12. The first-order valence-electron chi connectivity index (χ1n) is 8.15. The average Bonchev–Trinajstić information content (AvgIpc) is 2.74. The van der Waals surface area contributed by atoms with Crippen LogP contribution in [0.15, 0.2) is 0 Å². The lowest BCUT2D eigenvalue weighted by molar-refractivity contribution is 0.141. The Morgan fingerprint density at radius 1 is 1.26 bits per heavy atom. The summed E-state index contributed by atoms with van der Waals surface area (Å²) in [6.45, 7) is 11.7. The van der Waals surface area contributed by atoms with E-state index < -0.39 is 0 Å². The van der Waals surface area contributed by atoms with E-state index >= 15 is 0 Å². The summed E-state index contributed by atoms with van der Waals surface area (Å²) in [7, 11) is 4.39. The second-order valence-corrected chi connectivity index (χ2v) is 6.79. The van der Waals surface area contributed by atoms with Crippen LogP contribution in [0.1, 0.15) is 46.5 Å². The fourth-order valence-corrected chi connectivity index (χ4v) is 3.21. The highest BCUT2D eigenvalue weighted by Gasteiger charge is 2.30. The smallest absolute Gasteiger partial charge is 0.0226 e. The molecule has 0 bridgehead atoms. The number of nitrogens with one attached hydrogen (secondary N) is 1. The SMILES string of the molecule is CCCC(CNCC(C)C)N1CCCC1CN(C)C. The molecule has 1 aliphatic heterocycles. The Balaban J connectivity index is 2.48. The van der Waals surface area contributed by atoms with Crippen LogP contribution < -0.4 is 5.32 Å². The van der Waals surface area contributed by atoms with Gasteiger partial charge in [0.05, 0.1) is 0 Å². The fraction of sp³-hybridized carbons (Fsp3) is 1.00. The van der Waals surface area contributed by atoms with Gasteiger partial charge in [-0.05, 0) is 52.4 Å². The summed E-state index contributed by atoms with van der Waals surface area (Å²) in [5.41, 5.74) is 0. The third-order valence-electron chi connectivity index (χ3n) is 4.02.